The number of carbonyl (C=O) groups excluding carboxylic acids is 1. The molecule has 3 rings (SSSR count). The Morgan fingerprint density at radius 2 is 1.78 bits per heavy atom. The monoisotopic (exact) mass is 332 g/mol. The van der Waals surface area contributed by atoms with Crippen molar-refractivity contribution in [1.82, 2.24) is 0 Å². The summed E-state index contributed by atoms with van der Waals surface area (Å²) >= 11 is 0. The van der Waals surface area contributed by atoms with E-state index < -0.39 is 10.0 Å². The average molecular weight is 332 g/mol. The molecular formula is C16H16N2O4S. The van der Waals surface area contributed by atoms with Crippen molar-refractivity contribution >= 4 is 21.6 Å². The number of primary sulfonamides is 1. The van der Waals surface area contributed by atoms with Crippen LogP contribution >= 0.6 is 0 Å². The summed E-state index contributed by atoms with van der Waals surface area (Å²) in [6, 6.07) is 12.8. The third-order valence-electron chi connectivity index (χ3n) is 3.93. The highest BCUT2D eigenvalue weighted by atomic mass is 32.2. The van der Waals surface area contributed by atoms with Crippen molar-refractivity contribution in [3.05, 3.63) is 54.1 Å². The second-order valence-corrected chi connectivity index (χ2v) is 7.13. The number of amides is 1. The maximum absolute atomic E-state index is 12.2. The van der Waals surface area contributed by atoms with Crippen molar-refractivity contribution < 1.29 is 18.3 Å². The number of para-hydroxylation sites is 2. The largest absolute Gasteiger partial charge is 0.506 e. The smallest absolute Gasteiger partial charge is 0.238 e. The fourth-order valence-corrected chi connectivity index (χ4v) is 3.08. The lowest BCUT2D eigenvalue weighted by atomic mass is 10.1. The van der Waals surface area contributed by atoms with Gasteiger partial charge in [0.25, 0.3) is 0 Å². The number of rotatable bonds is 4. The number of nitrogens with one attached hydrogen (secondary N) is 1. The van der Waals surface area contributed by atoms with Gasteiger partial charge in [-0.3, -0.25) is 4.79 Å². The van der Waals surface area contributed by atoms with E-state index in [0.717, 1.165) is 5.56 Å². The lowest BCUT2D eigenvalue weighted by Gasteiger charge is -2.07. The molecule has 2 atom stereocenters. The molecule has 0 heterocycles. The molecule has 0 radical (unpaired) electrons. The van der Waals surface area contributed by atoms with E-state index in [2.05, 4.69) is 5.32 Å². The minimum absolute atomic E-state index is 0.0237. The SMILES string of the molecule is NS(=O)(=O)c1ccc([C@@H]2C[C@H]2C(=O)Nc2ccccc2O)cc1. The number of sulfonamides is 1. The first kappa shape index (κ1) is 15.5. The van der Waals surface area contributed by atoms with Crippen molar-refractivity contribution in [2.24, 2.45) is 11.1 Å². The van der Waals surface area contributed by atoms with Crippen LogP contribution in [0.25, 0.3) is 0 Å². The van der Waals surface area contributed by atoms with Gasteiger partial charge in [-0.15, -0.1) is 0 Å². The van der Waals surface area contributed by atoms with E-state index in [1.165, 1.54) is 18.2 Å². The molecule has 0 spiro atoms. The van der Waals surface area contributed by atoms with Crippen LogP contribution in [0.5, 0.6) is 5.75 Å². The van der Waals surface area contributed by atoms with Crippen LogP contribution in [0, 0.1) is 5.92 Å². The van der Waals surface area contributed by atoms with E-state index in [4.69, 9.17) is 5.14 Å². The van der Waals surface area contributed by atoms with Gasteiger partial charge in [0.2, 0.25) is 15.9 Å². The molecule has 120 valence electrons. The van der Waals surface area contributed by atoms with E-state index in [0.29, 0.717) is 12.1 Å². The average Bonchev–Trinajstić information content (AvgIpc) is 3.29. The fraction of sp³-hybridized carbons (Fsp3) is 0.188. The van der Waals surface area contributed by atoms with Crippen molar-refractivity contribution in [3.63, 3.8) is 0 Å². The van der Waals surface area contributed by atoms with Crippen LogP contribution in [-0.4, -0.2) is 19.4 Å². The Bertz CT molecular complexity index is 847. The highest BCUT2D eigenvalue weighted by Gasteiger charge is 2.44. The van der Waals surface area contributed by atoms with Crippen LogP contribution in [-0.2, 0) is 14.8 Å². The molecule has 1 aliphatic carbocycles. The molecule has 6 nitrogen and oxygen atoms in total. The molecule has 1 amide bonds. The van der Waals surface area contributed by atoms with Gasteiger partial charge in [0, 0.05) is 5.92 Å². The van der Waals surface area contributed by atoms with Crippen LogP contribution in [0.2, 0.25) is 0 Å². The van der Waals surface area contributed by atoms with Gasteiger partial charge in [-0.1, -0.05) is 24.3 Å². The quantitative estimate of drug-likeness (QED) is 0.741. The van der Waals surface area contributed by atoms with Gasteiger partial charge in [0.05, 0.1) is 10.6 Å². The molecule has 7 heteroatoms. The summed E-state index contributed by atoms with van der Waals surface area (Å²) in [6.45, 7) is 0. The van der Waals surface area contributed by atoms with Crippen LogP contribution < -0.4 is 10.5 Å². The van der Waals surface area contributed by atoms with Gasteiger partial charge in [-0.25, -0.2) is 13.6 Å². The molecule has 2 aromatic carbocycles. The normalized spacial score (nSPS) is 20.0. The van der Waals surface area contributed by atoms with E-state index in [-0.39, 0.29) is 28.4 Å². The maximum atomic E-state index is 12.2. The zero-order valence-electron chi connectivity index (χ0n) is 12.1. The van der Waals surface area contributed by atoms with Gasteiger partial charge in [0.15, 0.2) is 0 Å². The van der Waals surface area contributed by atoms with Crippen molar-refractivity contribution in [3.8, 4) is 5.75 Å². The number of anilines is 1. The lowest BCUT2D eigenvalue weighted by Crippen LogP contribution is -2.14. The number of phenols is 1. The molecule has 1 fully saturated rings. The Balaban J connectivity index is 1.67. The first-order chi connectivity index (χ1) is 10.9. The number of hydrogen-bond donors (Lipinski definition) is 3. The molecule has 2 aromatic rings. The van der Waals surface area contributed by atoms with Crippen LogP contribution in [0.4, 0.5) is 5.69 Å². The second-order valence-electron chi connectivity index (χ2n) is 5.57. The summed E-state index contributed by atoms with van der Waals surface area (Å²) in [5, 5.41) is 17.4. The Morgan fingerprint density at radius 3 is 2.39 bits per heavy atom. The predicted molar refractivity (Wildman–Crippen MR) is 85.4 cm³/mol. The summed E-state index contributed by atoms with van der Waals surface area (Å²) in [5.41, 5.74) is 1.28. The molecule has 0 saturated heterocycles. The topological polar surface area (TPSA) is 109 Å². The van der Waals surface area contributed by atoms with E-state index >= 15 is 0 Å². The number of aromatic hydroxyl groups is 1. The third kappa shape index (κ3) is 3.35. The minimum atomic E-state index is -3.71. The highest BCUT2D eigenvalue weighted by Crippen LogP contribution is 2.48. The molecular weight excluding hydrogens is 316 g/mol. The fourth-order valence-electron chi connectivity index (χ4n) is 2.56. The summed E-state index contributed by atoms with van der Waals surface area (Å²) in [4.78, 5) is 12.3. The molecule has 1 aliphatic rings. The molecule has 0 unspecified atom stereocenters. The molecule has 0 aromatic heterocycles. The number of hydrogen-bond acceptors (Lipinski definition) is 4. The number of benzene rings is 2. The van der Waals surface area contributed by atoms with E-state index in [9.17, 15) is 18.3 Å². The van der Waals surface area contributed by atoms with Crippen LogP contribution in [0.3, 0.4) is 0 Å². The van der Waals surface area contributed by atoms with Crippen molar-refractivity contribution in [2.75, 3.05) is 5.32 Å². The number of phenolic OH excluding ortho intramolecular Hbond substituents is 1. The standard InChI is InChI=1S/C16H16N2O4S/c17-23(21,22)11-7-5-10(6-8-11)12-9-13(12)16(20)18-14-3-1-2-4-15(14)19/h1-8,12-13,19H,9H2,(H,18,20)(H2,17,21,22)/t12-,13+/m0/s1. The van der Waals surface area contributed by atoms with Gasteiger partial charge in [-0.05, 0) is 42.2 Å². The summed E-state index contributed by atoms with van der Waals surface area (Å²) in [7, 11) is -3.71. The third-order valence-corrected chi connectivity index (χ3v) is 4.86. The van der Waals surface area contributed by atoms with Gasteiger partial charge >= 0.3 is 0 Å². The number of nitrogens with two attached hydrogens (primary N) is 1. The van der Waals surface area contributed by atoms with Crippen molar-refractivity contribution in [1.29, 1.82) is 0 Å². The highest BCUT2D eigenvalue weighted by molar-refractivity contribution is 7.89. The predicted octanol–water partition coefficient (Wildman–Crippen LogP) is 1.78. The first-order valence-corrected chi connectivity index (χ1v) is 8.62. The zero-order chi connectivity index (χ0) is 16.6. The first-order valence-electron chi connectivity index (χ1n) is 7.08. The Labute approximate surface area is 134 Å². The summed E-state index contributed by atoms with van der Waals surface area (Å²) < 4.78 is 22.5. The van der Waals surface area contributed by atoms with E-state index in [1.54, 1.807) is 30.3 Å². The van der Waals surface area contributed by atoms with Gasteiger partial charge < -0.3 is 10.4 Å². The van der Waals surface area contributed by atoms with Crippen LogP contribution in [0.15, 0.2) is 53.4 Å². The molecule has 0 aliphatic heterocycles. The molecule has 23 heavy (non-hydrogen) atoms. The molecule has 1 saturated carbocycles. The maximum Gasteiger partial charge on any atom is 0.238 e. The van der Waals surface area contributed by atoms with E-state index in [1.807, 2.05) is 0 Å². The summed E-state index contributed by atoms with van der Waals surface area (Å²) in [6.07, 6.45) is 0.689. The second kappa shape index (κ2) is 5.68. The van der Waals surface area contributed by atoms with Gasteiger partial charge in [-0.2, -0.15) is 0 Å². The number of carbonyl (C=O) groups is 1. The molecule has 4 N–H and O–H groups in total. The van der Waals surface area contributed by atoms with Crippen LogP contribution in [0.1, 0.15) is 17.9 Å². The molecule has 0 bridgehead atoms. The van der Waals surface area contributed by atoms with Crippen molar-refractivity contribution in [2.45, 2.75) is 17.2 Å². The Kier molecular flexibility index (Phi) is 3.83. The Morgan fingerprint density at radius 1 is 1.13 bits per heavy atom. The zero-order valence-corrected chi connectivity index (χ0v) is 13.0. The minimum Gasteiger partial charge on any atom is -0.506 e. The summed E-state index contributed by atoms with van der Waals surface area (Å²) in [5.74, 6) is -0.270. The van der Waals surface area contributed by atoms with Gasteiger partial charge in [0.1, 0.15) is 5.75 Å². The lowest BCUT2D eigenvalue weighted by molar-refractivity contribution is -0.117. The Hall–Kier alpha value is -2.38.